The smallest absolute Gasteiger partial charge is 0.247 e. The molecule has 2 N–H and O–H groups in total. The molecule has 0 radical (unpaired) electrons. The summed E-state index contributed by atoms with van der Waals surface area (Å²) in [7, 11) is -3.54. The van der Waals surface area contributed by atoms with Crippen LogP contribution in [-0.4, -0.2) is 31.2 Å². The van der Waals surface area contributed by atoms with Crippen molar-refractivity contribution in [1.82, 2.24) is 4.41 Å². The van der Waals surface area contributed by atoms with E-state index in [4.69, 9.17) is 5.73 Å². The lowest BCUT2D eigenvalue weighted by atomic mass is 9.98. The lowest BCUT2D eigenvalue weighted by molar-refractivity contribution is -0.118. The first-order valence-corrected chi connectivity index (χ1v) is 7.15. The minimum Gasteiger partial charge on any atom is -0.370 e. The minimum atomic E-state index is -3.54. The van der Waals surface area contributed by atoms with Crippen molar-refractivity contribution in [3.05, 3.63) is 35.4 Å². The molecule has 0 bridgehead atoms. The maximum Gasteiger partial charge on any atom is 0.247 e. The summed E-state index contributed by atoms with van der Waals surface area (Å²) < 4.78 is 24.2. The molecular weight excluding hydrogens is 254 g/mol. The lowest BCUT2D eigenvalue weighted by Crippen LogP contribution is -2.35. The van der Waals surface area contributed by atoms with Gasteiger partial charge in [0.05, 0.1) is 24.9 Å². The summed E-state index contributed by atoms with van der Waals surface area (Å²) in [6.07, 6.45) is 2.42. The maximum atomic E-state index is 11.6. The molecule has 7 heteroatoms. The Kier molecular flexibility index (Phi) is 3.08. The van der Waals surface area contributed by atoms with Gasteiger partial charge in [-0.1, -0.05) is 24.3 Å². The van der Waals surface area contributed by atoms with Crippen molar-refractivity contribution in [2.75, 3.05) is 6.26 Å². The Hall–Kier alpha value is -1.89. The number of amides is 1. The van der Waals surface area contributed by atoms with Gasteiger partial charge in [0, 0.05) is 0 Å². The number of nitrogens with zero attached hydrogens (tertiary/aromatic N) is 2. The number of primary amides is 1. The second-order valence-corrected chi connectivity index (χ2v) is 5.94. The Balaban J connectivity index is 2.51. The van der Waals surface area contributed by atoms with Gasteiger partial charge in [0.25, 0.3) is 0 Å². The molecule has 1 aromatic carbocycles. The molecule has 18 heavy (non-hydrogen) atoms. The second kappa shape index (κ2) is 4.41. The molecule has 0 fully saturated rings. The molecule has 1 aliphatic rings. The second-order valence-electron chi connectivity index (χ2n) is 4.10. The summed E-state index contributed by atoms with van der Waals surface area (Å²) in [6, 6.07) is 6.52. The van der Waals surface area contributed by atoms with Crippen LogP contribution in [-0.2, 0) is 14.8 Å². The van der Waals surface area contributed by atoms with E-state index in [1.165, 1.54) is 6.21 Å². The van der Waals surface area contributed by atoms with Gasteiger partial charge >= 0.3 is 0 Å². The molecule has 0 aromatic heterocycles. The lowest BCUT2D eigenvalue weighted by Gasteiger charge is -2.30. The minimum absolute atomic E-state index is 0.0958. The SMILES string of the molecule is CS(=O)(=O)N1N=Cc2ccccc2C1CC(N)=O. The Labute approximate surface area is 105 Å². The molecular formula is C11H13N3O3S. The van der Waals surface area contributed by atoms with Crippen LogP contribution in [0.5, 0.6) is 0 Å². The summed E-state index contributed by atoms with van der Waals surface area (Å²) in [4.78, 5) is 11.1. The number of nitrogens with two attached hydrogens (primary N) is 1. The molecule has 6 nitrogen and oxygen atoms in total. The third-order valence-electron chi connectivity index (χ3n) is 2.67. The molecule has 0 saturated carbocycles. The Morgan fingerprint density at radius 1 is 1.44 bits per heavy atom. The van der Waals surface area contributed by atoms with Crippen LogP contribution >= 0.6 is 0 Å². The van der Waals surface area contributed by atoms with Crippen molar-refractivity contribution < 1.29 is 13.2 Å². The Bertz CT molecular complexity index is 610. The number of hydrogen-bond donors (Lipinski definition) is 1. The molecule has 0 spiro atoms. The number of hydrazone groups is 1. The highest BCUT2D eigenvalue weighted by Gasteiger charge is 2.31. The van der Waals surface area contributed by atoms with Crippen LogP contribution < -0.4 is 5.73 Å². The summed E-state index contributed by atoms with van der Waals surface area (Å²) >= 11 is 0. The van der Waals surface area contributed by atoms with Crippen LogP contribution in [0.3, 0.4) is 0 Å². The molecule has 1 aromatic rings. The number of sulfonamides is 1. The van der Waals surface area contributed by atoms with E-state index < -0.39 is 22.0 Å². The average molecular weight is 267 g/mol. The average Bonchev–Trinajstić information content (AvgIpc) is 2.27. The number of benzene rings is 1. The zero-order valence-electron chi connectivity index (χ0n) is 9.78. The number of carbonyl (C=O) groups excluding carboxylic acids is 1. The first-order chi connectivity index (χ1) is 8.39. The molecule has 2 rings (SSSR count). The van der Waals surface area contributed by atoms with Gasteiger partial charge < -0.3 is 5.73 Å². The zero-order valence-corrected chi connectivity index (χ0v) is 10.6. The van der Waals surface area contributed by atoms with Crippen LogP contribution in [0.25, 0.3) is 0 Å². The van der Waals surface area contributed by atoms with Crippen molar-refractivity contribution in [1.29, 1.82) is 0 Å². The molecule has 1 unspecified atom stereocenters. The quantitative estimate of drug-likeness (QED) is 0.848. The van der Waals surface area contributed by atoms with Gasteiger partial charge in [-0.2, -0.15) is 9.52 Å². The van der Waals surface area contributed by atoms with Crippen LogP contribution in [0.15, 0.2) is 29.4 Å². The van der Waals surface area contributed by atoms with Crippen molar-refractivity contribution in [3.63, 3.8) is 0 Å². The van der Waals surface area contributed by atoms with Crippen LogP contribution in [0, 0.1) is 0 Å². The molecule has 96 valence electrons. The van der Waals surface area contributed by atoms with Crippen molar-refractivity contribution >= 4 is 22.1 Å². The molecule has 1 heterocycles. The zero-order chi connectivity index (χ0) is 13.3. The molecule has 0 aliphatic carbocycles. The standard InChI is InChI=1S/C11H13N3O3S/c1-18(16,17)14-10(6-11(12)15)9-5-3-2-4-8(9)7-13-14/h2-5,7,10H,6H2,1H3,(H2,12,15). The topological polar surface area (TPSA) is 92.8 Å². The van der Waals surface area contributed by atoms with Gasteiger partial charge in [0.15, 0.2) is 0 Å². The van der Waals surface area contributed by atoms with Gasteiger partial charge in [-0.15, -0.1) is 0 Å². The van der Waals surface area contributed by atoms with E-state index in [-0.39, 0.29) is 6.42 Å². The predicted molar refractivity (Wildman–Crippen MR) is 67.3 cm³/mol. The summed E-state index contributed by atoms with van der Waals surface area (Å²) in [5, 5.41) is 3.89. The molecule has 1 aliphatic heterocycles. The predicted octanol–water partition coefficient (Wildman–Crippen LogP) is 0.212. The fourth-order valence-electron chi connectivity index (χ4n) is 1.95. The van der Waals surface area contributed by atoms with Gasteiger partial charge in [-0.05, 0) is 11.1 Å². The van der Waals surface area contributed by atoms with E-state index in [1.807, 2.05) is 12.1 Å². The van der Waals surface area contributed by atoms with Gasteiger partial charge in [-0.3, -0.25) is 4.79 Å². The summed E-state index contributed by atoms with van der Waals surface area (Å²) in [5.74, 6) is -0.569. The fourth-order valence-corrected chi connectivity index (χ4v) is 2.81. The summed E-state index contributed by atoms with van der Waals surface area (Å²) in [5.41, 5.74) is 6.70. The Morgan fingerprint density at radius 3 is 2.72 bits per heavy atom. The van der Waals surface area contributed by atoms with E-state index >= 15 is 0 Å². The van der Waals surface area contributed by atoms with E-state index in [9.17, 15) is 13.2 Å². The van der Waals surface area contributed by atoms with Crippen molar-refractivity contribution in [3.8, 4) is 0 Å². The third kappa shape index (κ3) is 2.35. The number of rotatable bonds is 3. The number of fused-ring (bicyclic) bond motifs is 1. The highest BCUT2D eigenvalue weighted by molar-refractivity contribution is 7.88. The fraction of sp³-hybridized carbons (Fsp3) is 0.273. The van der Waals surface area contributed by atoms with Crippen LogP contribution in [0.2, 0.25) is 0 Å². The summed E-state index contributed by atoms with van der Waals surface area (Å²) in [6.45, 7) is 0. The first-order valence-electron chi connectivity index (χ1n) is 5.30. The van der Waals surface area contributed by atoms with E-state index in [2.05, 4.69) is 5.10 Å². The van der Waals surface area contributed by atoms with Crippen molar-refractivity contribution in [2.45, 2.75) is 12.5 Å². The van der Waals surface area contributed by atoms with Crippen LogP contribution in [0.4, 0.5) is 0 Å². The maximum absolute atomic E-state index is 11.6. The molecule has 0 saturated heterocycles. The van der Waals surface area contributed by atoms with Gasteiger partial charge in [-0.25, -0.2) is 8.42 Å². The third-order valence-corrected chi connectivity index (χ3v) is 3.69. The van der Waals surface area contributed by atoms with Gasteiger partial charge in [0.1, 0.15) is 0 Å². The number of hydrogen-bond acceptors (Lipinski definition) is 4. The monoisotopic (exact) mass is 267 g/mol. The van der Waals surface area contributed by atoms with Crippen molar-refractivity contribution in [2.24, 2.45) is 10.8 Å². The normalized spacial score (nSPS) is 18.5. The highest BCUT2D eigenvalue weighted by atomic mass is 32.2. The van der Waals surface area contributed by atoms with Gasteiger partial charge in [0.2, 0.25) is 15.9 Å². The first kappa shape index (κ1) is 12.6. The highest BCUT2D eigenvalue weighted by Crippen LogP contribution is 2.31. The van der Waals surface area contributed by atoms with Crippen LogP contribution in [0.1, 0.15) is 23.6 Å². The largest absolute Gasteiger partial charge is 0.370 e. The van der Waals surface area contributed by atoms with E-state index in [0.29, 0.717) is 0 Å². The molecule has 1 atom stereocenters. The Morgan fingerprint density at radius 2 is 2.11 bits per heavy atom. The van der Waals surface area contributed by atoms with E-state index in [1.54, 1.807) is 12.1 Å². The van der Waals surface area contributed by atoms with E-state index in [0.717, 1.165) is 21.8 Å². The molecule has 1 amide bonds. The number of carbonyl (C=O) groups is 1.